The van der Waals surface area contributed by atoms with Crippen molar-refractivity contribution in [2.24, 2.45) is 46.3 Å². The number of hydrogen-bond acceptors (Lipinski definition) is 4. The lowest BCUT2D eigenvalue weighted by Crippen LogP contribution is -2.51. The maximum Gasteiger partial charge on any atom is 0.259 e. The van der Waals surface area contributed by atoms with Crippen molar-refractivity contribution in [1.29, 1.82) is 5.26 Å². The van der Waals surface area contributed by atoms with Gasteiger partial charge in [0, 0.05) is 12.1 Å². The summed E-state index contributed by atoms with van der Waals surface area (Å²) in [6.07, 6.45) is 18.0. The van der Waals surface area contributed by atoms with E-state index in [1.807, 2.05) is 0 Å². The first kappa shape index (κ1) is 33.4. The van der Waals surface area contributed by atoms with Gasteiger partial charge < -0.3 is 9.05 Å². The standard InChI is InChI=1S/C36H63N2O2P/c1-25(2)12-10-13-28(7)32-16-17-33-31-15-14-29-24-30(18-20-35(29,8)34(31)19-21-36(32,33)9)40-41(39-23-11-22-37)38(26(3)4)27(5)6/h14,25-28,30-34H,10-13,15-21,23-24H2,1-9H3/t28-,30?,31+,32-,33+,34+,35+,36-,41?/m1/s1. The van der Waals surface area contributed by atoms with Gasteiger partial charge in [-0.1, -0.05) is 65.5 Å². The van der Waals surface area contributed by atoms with E-state index in [9.17, 15) is 0 Å². The SMILES string of the molecule is CC(C)CCC[C@@H](C)[C@H]1CC[C@H]2[C@@H]3CC=C4CC(OP(OCCC#N)N(C(C)C)C(C)C)CC[C@]4(C)[C@H]3CC[C@]12C. The second-order valence-electron chi connectivity index (χ2n) is 15.8. The molecule has 4 aliphatic rings. The Morgan fingerprint density at radius 2 is 1.71 bits per heavy atom. The lowest BCUT2D eigenvalue weighted by atomic mass is 9.47. The average molecular weight is 587 g/mol. The smallest absolute Gasteiger partial charge is 0.259 e. The molecule has 0 aromatic rings. The van der Waals surface area contributed by atoms with Crippen LogP contribution >= 0.6 is 8.53 Å². The Labute approximate surface area is 255 Å². The minimum atomic E-state index is -1.17. The van der Waals surface area contributed by atoms with E-state index in [4.69, 9.17) is 14.3 Å². The van der Waals surface area contributed by atoms with Crippen molar-refractivity contribution in [2.75, 3.05) is 6.61 Å². The van der Waals surface area contributed by atoms with Crippen LogP contribution in [-0.4, -0.2) is 29.5 Å². The molecule has 9 atom stereocenters. The number of hydrogen-bond donors (Lipinski definition) is 0. The minimum absolute atomic E-state index is 0.218. The predicted molar refractivity (Wildman–Crippen MR) is 173 cm³/mol. The van der Waals surface area contributed by atoms with Crippen LogP contribution < -0.4 is 0 Å². The summed E-state index contributed by atoms with van der Waals surface area (Å²) in [7, 11) is -1.17. The molecular weight excluding hydrogens is 523 g/mol. The molecule has 3 fully saturated rings. The van der Waals surface area contributed by atoms with Gasteiger partial charge in [0.2, 0.25) is 0 Å². The van der Waals surface area contributed by atoms with Crippen molar-refractivity contribution in [3.8, 4) is 6.07 Å². The molecule has 4 aliphatic carbocycles. The predicted octanol–water partition coefficient (Wildman–Crippen LogP) is 10.7. The Morgan fingerprint density at radius 1 is 0.976 bits per heavy atom. The van der Waals surface area contributed by atoms with E-state index >= 15 is 0 Å². The third kappa shape index (κ3) is 7.11. The second-order valence-corrected chi connectivity index (χ2v) is 17.2. The highest BCUT2D eigenvalue weighted by molar-refractivity contribution is 7.44. The molecule has 4 nitrogen and oxygen atoms in total. The fraction of sp³-hybridized carbons (Fsp3) is 0.917. The quantitative estimate of drug-likeness (QED) is 0.122. The van der Waals surface area contributed by atoms with Crippen LogP contribution in [0.4, 0.5) is 0 Å². The fourth-order valence-corrected chi connectivity index (χ4v) is 11.9. The average Bonchev–Trinajstić information content (AvgIpc) is 3.25. The molecule has 0 aromatic carbocycles. The van der Waals surface area contributed by atoms with Crippen LogP contribution in [-0.2, 0) is 9.05 Å². The summed E-state index contributed by atoms with van der Waals surface area (Å²) >= 11 is 0. The summed E-state index contributed by atoms with van der Waals surface area (Å²) in [6.45, 7) is 22.0. The van der Waals surface area contributed by atoms with Crippen molar-refractivity contribution < 1.29 is 9.05 Å². The third-order valence-corrected chi connectivity index (χ3v) is 14.3. The minimum Gasteiger partial charge on any atom is -0.321 e. The van der Waals surface area contributed by atoms with E-state index in [0.29, 0.717) is 35.9 Å². The first-order chi connectivity index (χ1) is 19.4. The summed E-state index contributed by atoms with van der Waals surface area (Å²) in [4.78, 5) is 0. The maximum atomic E-state index is 9.09. The Hall–Kier alpha value is -0.460. The van der Waals surface area contributed by atoms with Crippen molar-refractivity contribution >= 4 is 8.53 Å². The van der Waals surface area contributed by atoms with Crippen LogP contribution in [0.25, 0.3) is 0 Å². The van der Waals surface area contributed by atoms with E-state index < -0.39 is 8.53 Å². The van der Waals surface area contributed by atoms with E-state index in [-0.39, 0.29) is 6.10 Å². The van der Waals surface area contributed by atoms with Gasteiger partial charge in [0.1, 0.15) is 0 Å². The Bertz CT molecular complexity index is 919. The zero-order chi connectivity index (χ0) is 29.9. The van der Waals surface area contributed by atoms with Crippen LogP contribution in [0, 0.1) is 57.7 Å². The van der Waals surface area contributed by atoms with Crippen molar-refractivity contribution in [1.82, 2.24) is 4.67 Å². The fourth-order valence-electron chi connectivity index (χ4n) is 10.2. The van der Waals surface area contributed by atoms with E-state index in [0.717, 1.165) is 48.3 Å². The highest BCUT2D eigenvalue weighted by atomic mass is 31.2. The topological polar surface area (TPSA) is 45.5 Å². The van der Waals surface area contributed by atoms with Crippen LogP contribution in [0.3, 0.4) is 0 Å². The molecular formula is C36H63N2O2P. The normalized spacial score (nSPS) is 36.6. The monoisotopic (exact) mass is 586 g/mol. The lowest BCUT2D eigenvalue weighted by Gasteiger charge is -2.58. The van der Waals surface area contributed by atoms with Gasteiger partial charge in [-0.05, 0) is 125 Å². The summed E-state index contributed by atoms with van der Waals surface area (Å²) < 4.78 is 15.5. The lowest BCUT2D eigenvalue weighted by molar-refractivity contribution is -0.0565. The summed E-state index contributed by atoms with van der Waals surface area (Å²) in [5.41, 5.74) is 2.57. The van der Waals surface area contributed by atoms with Gasteiger partial charge in [-0.25, -0.2) is 4.67 Å². The summed E-state index contributed by atoms with van der Waals surface area (Å²) in [6, 6.07) is 2.92. The highest BCUT2D eigenvalue weighted by Crippen LogP contribution is 2.67. The first-order valence-corrected chi connectivity index (χ1v) is 18.5. The van der Waals surface area contributed by atoms with Crippen LogP contribution in [0.1, 0.15) is 139 Å². The molecule has 5 heteroatoms. The van der Waals surface area contributed by atoms with Gasteiger partial charge in [-0.15, -0.1) is 0 Å². The molecule has 0 N–H and O–H groups in total. The molecule has 0 spiro atoms. The van der Waals surface area contributed by atoms with E-state index in [2.05, 4.69) is 79.1 Å². The Morgan fingerprint density at radius 3 is 2.37 bits per heavy atom. The number of allylic oxidation sites excluding steroid dienone is 1. The Kier molecular flexibility index (Phi) is 11.5. The van der Waals surface area contributed by atoms with Gasteiger partial charge in [-0.2, -0.15) is 5.26 Å². The van der Waals surface area contributed by atoms with Gasteiger partial charge in [-0.3, -0.25) is 0 Å². The molecule has 3 saturated carbocycles. The van der Waals surface area contributed by atoms with Crippen molar-refractivity contribution in [2.45, 2.75) is 158 Å². The number of nitrogens with zero attached hydrogens (tertiary/aromatic N) is 2. The van der Waals surface area contributed by atoms with Crippen molar-refractivity contribution in [3.05, 3.63) is 11.6 Å². The van der Waals surface area contributed by atoms with Crippen LogP contribution in [0.2, 0.25) is 0 Å². The molecule has 2 unspecified atom stereocenters. The molecule has 41 heavy (non-hydrogen) atoms. The van der Waals surface area contributed by atoms with Gasteiger partial charge >= 0.3 is 0 Å². The zero-order valence-corrected chi connectivity index (χ0v) is 29.0. The van der Waals surface area contributed by atoms with Crippen LogP contribution in [0.5, 0.6) is 0 Å². The van der Waals surface area contributed by atoms with E-state index in [1.54, 1.807) is 5.57 Å². The maximum absolute atomic E-state index is 9.09. The molecule has 0 aliphatic heterocycles. The first-order valence-electron chi connectivity index (χ1n) is 17.4. The van der Waals surface area contributed by atoms with Gasteiger partial charge in [0.15, 0.2) is 0 Å². The largest absolute Gasteiger partial charge is 0.321 e. The molecule has 0 bridgehead atoms. The molecule has 4 rings (SSSR count). The molecule has 234 valence electrons. The second kappa shape index (κ2) is 14.1. The number of rotatable bonds is 13. The number of nitriles is 1. The van der Waals surface area contributed by atoms with Gasteiger partial charge in [0.25, 0.3) is 8.53 Å². The molecule has 0 radical (unpaired) electrons. The molecule has 0 heterocycles. The summed E-state index contributed by atoms with van der Waals surface area (Å²) in [5, 5.41) is 9.09. The molecule has 0 amide bonds. The van der Waals surface area contributed by atoms with Crippen molar-refractivity contribution in [3.63, 3.8) is 0 Å². The third-order valence-electron chi connectivity index (χ3n) is 12.2. The zero-order valence-electron chi connectivity index (χ0n) is 28.1. The van der Waals surface area contributed by atoms with E-state index in [1.165, 1.54) is 57.8 Å². The van der Waals surface area contributed by atoms with Gasteiger partial charge in [0.05, 0.1) is 25.2 Å². The Balaban J connectivity index is 1.44. The molecule has 0 aromatic heterocycles. The highest BCUT2D eigenvalue weighted by Gasteiger charge is 2.59. The summed E-state index contributed by atoms with van der Waals surface area (Å²) in [5.74, 6) is 5.26. The van der Waals surface area contributed by atoms with Crippen LogP contribution in [0.15, 0.2) is 11.6 Å². The molecule has 0 saturated heterocycles. The number of fused-ring (bicyclic) bond motifs is 5.